The van der Waals surface area contributed by atoms with E-state index in [1.807, 2.05) is 12.3 Å². The van der Waals surface area contributed by atoms with Gasteiger partial charge < -0.3 is 9.64 Å². The Labute approximate surface area is 159 Å². The van der Waals surface area contributed by atoms with E-state index in [1.54, 1.807) is 5.06 Å². The summed E-state index contributed by atoms with van der Waals surface area (Å²) in [6.07, 6.45) is 9.90. The SMILES string of the molecule is C[C@H]1CCCN(CCCOc2ccc(C3=CCN(OBr)C=C3)cc2)C1. The number of ether oxygens (including phenoxy) is 1. The van der Waals surface area contributed by atoms with E-state index in [-0.39, 0.29) is 0 Å². The quantitative estimate of drug-likeness (QED) is 0.615. The molecular weight excluding hydrogens is 380 g/mol. The number of piperidine rings is 1. The molecule has 3 rings (SSSR count). The molecule has 0 aliphatic carbocycles. The van der Waals surface area contributed by atoms with Crippen molar-refractivity contribution in [3.8, 4) is 5.75 Å². The number of hydrogen-bond acceptors (Lipinski definition) is 4. The molecule has 0 spiro atoms. The Morgan fingerprint density at radius 1 is 1.24 bits per heavy atom. The minimum Gasteiger partial charge on any atom is -0.494 e. The third kappa shape index (κ3) is 5.59. The molecule has 1 aromatic rings. The fourth-order valence-corrected chi connectivity index (χ4v) is 3.67. The number of rotatable bonds is 7. The summed E-state index contributed by atoms with van der Waals surface area (Å²) in [7, 11) is 0. The van der Waals surface area contributed by atoms with E-state index in [9.17, 15) is 0 Å². The molecule has 2 aliphatic heterocycles. The predicted molar refractivity (Wildman–Crippen MR) is 105 cm³/mol. The molecule has 1 saturated heterocycles. The Balaban J connectivity index is 1.41. The van der Waals surface area contributed by atoms with Gasteiger partial charge in [-0.3, -0.25) is 0 Å². The average Bonchev–Trinajstić information content (AvgIpc) is 2.66. The van der Waals surface area contributed by atoms with Crippen LogP contribution in [0.5, 0.6) is 5.75 Å². The van der Waals surface area contributed by atoms with Crippen LogP contribution >= 0.6 is 16.3 Å². The van der Waals surface area contributed by atoms with Gasteiger partial charge in [-0.1, -0.05) is 25.1 Å². The first-order valence-corrected chi connectivity index (χ1v) is 9.78. The fraction of sp³-hybridized carbons (Fsp3) is 0.500. The van der Waals surface area contributed by atoms with Gasteiger partial charge in [0.1, 0.15) is 22.0 Å². The molecular formula is C20H27BrN2O2. The lowest BCUT2D eigenvalue weighted by molar-refractivity contribution is 0.0439. The standard InChI is InChI=1S/C20H27BrN2O2/c1-17-4-2-11-22(16-17)12-3-15-24-20-7-5-18(6-8-20)19-9-13-23(25-21)14-10-19/h5-10,13,17H,2-4,11-12,14-16H2,1H3/t17-/m0/s1. The normalized spacial score (nSPS) is 21.3. The van der Waals surface area contributed by atoms with Gasteiger partial charge in [0.15, 0.2) is 0 Å². The lowest BCUT2D eigenvalue weighted by Gasteiger charge is -2.30. The highest BCUT2D eigenvalue weighted by Crippen LogP contribution is 2.23. The molecule has 0 bridgehead atoms. The first kappa shape index (κ1) is 18.5. The van der Waals surface area contributed by atoms with E-state index >= 15 is 0 Å². The molecule has 2 aliphatic rings. The van der Waals surface area contributed by atoms with Crippen LogP contribution in [0.25, 0.3) is 5.57 Å². The summed E-state index contributed by atoms with van der Waals surface area (Å²) in [6, 6.07) is 8.34. The zero-order valence-electron chi connectivity index (χ0n) is 14.9. The lowest BCUT2D eigenvalue weighted by atomic mass is 10.0. The molecule has 25 heavy (non-hydrogen) atoms. The van der Waals surface area contributed by atoms with Crippen molar-refractivity contribution < 1.29 is 8.67 Å². The molecule has 0 radical (unpaired) electrons. The van der Waals surface area contributed by atoms with E-state index in [2.05, 4.69) is 58.4 Å². The van der Waals surface area contributed by atoms with Crippen molar-refractivity contribution >= 4 is 21.8 Å². The molecule has 1 atom stereocenters. The van der Waals surface area contributed by atoms with Crippen molar-refractivity contribution in [3.05, 3.63) is 48.2 Å². The van der Waals surface area contributed by atoms with Gasteiger partial charge in [-0.2, -0.15) is 3.93 Å². The molecule has 1 fully saturated rings. The van der Waals surface area contributed by atoms with Gasteiger partial charge in [0, 0.05) is 19.3 Å². The van der Waals surface area contributed by atoms with Crippen LogP contribution in [0.2, 0.25) is 0 Å². The van der Waals surface area contributed by atoms with Crippen LogP contribution in [0.4, 0.5) is 0 Å². The topological polar surface area (TPSA) is 24.9 Å². The molecule has 5 heteroatoms. The molecule has 0 unspecified atom stereocenters. The molecule has 2 heterocycles. The number of hydrogen-bond donors (Lipinski definition) is 0. The number of allylic oxidation sites excluding steroid dienone is 2. The highest BCUT2D eigenvalue weighted by molar-refractivity contribution is 9.05. The van der Waals surface area contributed by atoms with Crippen LogP contribution in [0.1, 0.15) is 31.7 Å². The zero-order chi connectivity index (χ0) is 17.5. The highest BCUT2D eigenvalue weighted by Gasteiger charge is 2.15. The summed E-state index contributed by atoms with van der Waals surface area (Å²) in [5.74, 6) is 1.79. The van der Waals surface area contributed by atoms with Crippen molar-refractivity contribution in [3.63, 3.8) is 0 Å². The Morgan fingerprint density at radius 3 is 2.76 bits per heavy atom. The van der Waals surface area contributed by atoms with Crippen molar-refractivity contribution in [2.45, 2.75) is 26.2 Å². The van der Waals surface area contributed by atoms with E-state index in [1.165, 1.54) is 37.1 Å². The summed E-state index contributed by atoms with van der Waals surface area (Å²) in [5.41, 5.74) is 2.40. The van der Waals surface area contributed by atoms with Crippen LogP contribution in [-0.2, 0) is 3.93 Å². The second kappa shape index (κ2) is 9.41. The molecule has 0 saturated carbocycles. The van der Waals surface area contributed by atoms with Gasteiger partial charge in [0.05, 0.1) is 13.2 Å². The van der Waals surface area contributed by atoms with Crippen LogP contribution < -0.4 is 4.74 Å². The monoisotopic (exact) mass is 406 g/mol. The van der Waals surface area contributed by atoms with Gasteiger partial charge in [0.25, 0.3) is 0 Å². The first-order valence-electron chi connectivity index (χ1n) is 9.14. The molecule has 0 aromatic heterocycles. The average molecular weight is 407 g/mol. The third-order valence-electron chi connectivity index (χ3n) is 4.82. The Bertz CT molecular complexity index is 600. The summed E-state index contributed by atoms with van der Waals surface area (Å²) < 4.78 is 10.9. The number of likely N-dealkylation sites (tertiary alicyclic amines) is 1. The van der Waals surface area contributed by atoms with Crippen LogP contribution in [-0.4, -0.2) is 42.7 Å². The molecule has 4 nitrogen and oxygen atoms in total. The zero-order valence-corrected chi connectivity index (χ0v) is 16.5. The van der Waals surface area contributed by atoms with Crippen molar-refractivity contribution in [1.29, 1.82) is 0 Å². The Morgan fingerprint density at radius 2 is 2.08 bits per heavy atom. The van der Waals surface area contributed by atoms with Gasteiger partial charge in [-0.25, -0.2) is 5.06 Å². The first-order chi connectivity index (χ1) is 12.2. The second-order valence-corrected chi connectivity index (χ2v) is 7.21. The molecule has 136 valence electrons. The number of halogens is 1. The van der Waals surface area contributed by atoms with Gasteiger partial charge in [-0.05, 0) is 61.1 Å². The van der Waals surface area contributed by atoms with Gasteiger partial charge >= 0.3 is 0 Å². The van der Waals surface area contributed by atoms with E-state index < -0.39 is 0 Å². The lowest BCUT2D eigenvalue weighted by Crippen LogP contribution is -2.35. The van der Waals surface area contributed by atoms with E-state index in [4.69, 9.17) is 8.67 Å². The van der Waals surface area contributed by atoms with Crippen LogP contribution in [0, 0.1) is 5.92 Å². The number of hydroxylamine groups is 2. The summed E-state index contributed by atoms with van der Waals surface area (Å²) >= 11 is 2.98. The third-order valence-corrected chi connectivity index (χ3v) is 5.19. The Hall–Kier alpha value is -1.30. The van der Waals surface area contributed by atoms with Crippen molar-refractivity contribution in [1.82, 2.24) is 9.96 Å². The number of nitrogens with zero attached hydrogens (tertiary/aromatic N) is 2. The predicted octanol–water partition coefficient (Wildman–Crippen LogP) is 4.64. The Kier molecular flexibility index (Phi) is 6.96. The fourth-order valence-electron chi connectivity index (χ4n) is 3.46. The minimum atomic E-state index is 0.727. The summed E-state index contributed by atoms with van der Waals surface area (Å²) in [4.78, 5) is 2.57. The number of benzene rings is 1. The maximum atomic E-state index is 5.90. The van der Waals surface area contributed by atoms with E-state index in [0.29, 0.717) is 0 Å². The summed E-state index contributed by atoms with van der Waals surface area (Å²) in [5, 5.41) is 1.71. The minimum absolute atomic E-state index is 0.727. The smallest absolute Gasteiger partial charge is 0.133 e. The largest absolute Gasteiger partial charge is 0.494 e. The van der Waals surface area contributed by atoms with Gasteiger partial charge in [0.2, 0.25) is 0 Å². The maximum absolute atomic E-state index is 5.90. The maximum Gasteiger partial charge on any atom is 0.133 e. The van der Waals surface area contributed by atoms with Crippen LogP contribution in [0.15, 0.2) is 42.6 Å². The van der Waals surface area contributed by atoms with E-state index in [0.717, 1.165) is 37.8 Å². The van der Waals surface area contributed by atoms with Crippen molar-refractivity contribution in [2.24, 2.45) is 5.92 Å². The second-order valence-electron chi connectivity index (χ2n) is 6.92. The molecule has 0 N–H and O–H groups in total. The summed E-state index contributed by atoms with van der Waals surface area (Å²) in [6.45, 7) is 7.50. The van der Waals surface area contributed by atoms with Gasteiger partial charge in [-0.15, -0.1) is 0 Å². The molecule has 0 amide bonds. The van der Waals surface area contributed by atoms with Crippen molar-refractivity contribution in [2.75, 3.05) is 32.8 Å². The molecule has 1 aromatic carbocycles. The van der Waals surface area contributed by atoms with Crippen LogP contribution in [0.3, 0.4) is 0 Å². The highest BCUT2D eigenvalue weighted by atomic mass is 79.9.